The summed E-state index contributed by atoms with van der Waals surface area (Å²) < 4.78 is 0. The molecular formula is C18H29NO2. The van der Waals surface area contributed by atoms with Crippen LogP contribution in [0.3, 0.4) is 0 Å². The van der Waals surface area contributed by atoms with Crippen LogP contribution in [0, 0.1) is 0 Å². The third-order valence-corrected chi connectivity index (χ3v) is 3.67. The van der Waals surface area contributed by atoms with Gasteiger partial charge in [-0.15, -0.1) is 0 Å². The molecule has 0 aromatic heterocycles. The topological polar surface area (TPSA) is 49.3 Å². The Morgan fingerprint density at radius 3 is 1.71 bits per heavy atom. The largest absolute Gasteiger partial charge is 0.507 e. The Morgan fingerprint density at radius 1 is 1.05 bits per heavy atom. The molecular weight excluding hydrogens is 262 g/mol. The molecule has 0 aliphatic carbocycles. The normalized spacial score (nSPS) is 13.9. The zero-order valence-corrected chi connectivity index (χ0v) is 14.6. The van der Waals surface area contributed by atoms with Gasteiger partial charge in [0, 0.05) is 6.92 Å². The van der Waals surface area contributed by atoms with Gasteiger partial charge in [0.05, 0.1) is 6.04 Å². The smallest absolute Gasteiger partial charge is 0.217 e. The molecule has 0 radical (unpaired) electrons. The van der Waals surface area contributed by atoms with Gasteiger partial charge < -0.3 is 10.4 Å². The molecule has 0 spiro atoms. The lowest BCUT2D eigenvalue weighted by Crippen LogP contribution is -2.25. The maximum Gasteiger partial charge on any atom is 0.217 e. The van der Waals surface area contributed by atoms with E-state index < -0.39 is 0 Å². The summed E-state index contributed by atoms with van der Waals surface area (Å²) in [4.78, 5) is 11.3. The van der Waals surface area contributed by atoms with Crippen LogP contribution in [0.15, 0.2) is 12.1 Å². The quantitative estimate of drug-likeness (QED) is 0.858. The predicted molar refractivity (Wildman–Crippen MR) is 87.7 cm³/mol. The van der Waals surface area contributed by atoms with Gasteiger partial charge in [-0.3, -0.25) is 4.79 Å². The van der Waals surface area contributed by atoms with E-state index >= 15 is 0 Å². The van der Waals surface area contributed by atoms with Gasteiger partial charge in [0.25, 0.3) is 0 Å². The highest BCUT2D eigenvalue weighted by Crippen LogP contribution is 2.40. The number of hydrogen-bond donors (Lipinski definition) is 2. The van der Waals surface area contributed by atoms with Crippen molar-refractivity contribution in [3.63, 3.8) is 0 Å². The van der Waals surface area contributed by atoms with E-state index in [0.29, 0.717) is 5.75 Å². The van der Waals surface area contributed by atoms with Crippen LogP contribution in [-0.4, -0.2) is 11.0 Å². The van der Waals surface area contributed by atoms with Crippen molar-refractivity contribution < 1.29 is 9.90 Å². The van der Waals surface area contributed by atoms with Gasteiger partial charge in [-0.2, -0.15) is 0 Å². The molecule has 0 saturated heterocycles. The van der Waals surface area contributed by atoms with Crippen molar-refractivity contribution in [2.24, 2.45) is 0 Å². The highest BCUT2D eigenvalue weighted by atomic mass is 16.3. The van der Waals surface area contributed by atoms with Gasteiger partial charge in [0.1, 0.15) is 5.75 Å². The summed E-state index contributed by atoms with van der Waals surface area (Å²) in [7, 11) is 0. The number of rotatable bonds is 2. The summed E-state index contributed by atoms with van der Waals surface area (Å²) >= 11 is 0. The third kappa shape index (κ3) is 4.23. The van der Waals surface area contributed by atoms with E-state index in [1.807, 2.05) is 19.1 Å². The monoisotopic (exact) mass is 291 g/mol. The van der Waals surface area contributed by atoms with Gasteiger partial charge in [-0.05, 0) is 46.6 Å². The lowest BCUT2D eigenvalue weighted by Gasteiger charge is -2.29. The summed E-state index contributed by atoms with van der Waals surface area (Å²) in [6, 6.07) is 3.93. The fourth-order valence-corrected chi connectivity index (χ4v) is 2.44. The number of benzene rings is 1. The van der Waals surface area contributed by atoms with Crippen LogP contribution in [-0.2, 0) is 15.6 Å². The summed E-state index contributed by atoms with van der Waals surface area (Å²) in [6.07, 6.45) is 0. The van der Waals surface area contributed by atoms with Crippen molar-refractivity contribution in [3.8, 4) is 5.75 Å². The highest BCUT2D eigenvalue weighted by molar-refractivity contribution is 5.73. The average molecular weight is 291 g/mol. The van der Waals surface area contributed by atoms with E-state index in [1.165, 1.54) is 6.92 Å². The minimum absolute atomic E-state index is 0.0507. The zero-order valence-electron chi connectivity index (χ0n) is 14.6. The molecule has 3 nitrogen and oxygen atoms in total. The molecule has 1 atom stereocenters. The minimum Gasteiger partial charge on any atom is -0.507 e. The molecule has 0 fully saturated rings. The van der Waals surface area contributed by atoms with E-state index in [-0.39, 0.29) is 22.8 Å². The first kappa shape index (κ1) is 17.5. The van der Waals surface area contributed by atoms with Crippen LogP contribution in [0.25, 0.3) is 0 Å². The molecule has 1 aromatic rings. The Labute approximate surface area is 128 Å². The van der Waals surface area contributed by atoms with Gasteiger partial charge in [-0.25, -0.2) is 0 Å². The van der Waals surface area contributed by atoms with Crippen molar-refractivity contribution in [1.29, 1.82) is 0 Å². The number of carbonyl (C=O) groups is 1. The van der Waals surface area contributed by atoms with Gasteiger partial charge in [0.2, 0.25) is 5.91 Å². The van der Waals surface area contributed by atoms with Crippen molar-refractivity contribution in [2.75, 3.05) is 0 Å². The van der Waals surface area contributed by atoms with Crippen LogP contribution >= 0.6 is 0 Å². The Kier molecular flexibility index (Phi) is 4.76. The summed E-state index contributed by atoms with van der Waals surface area (Å²) in [5, 5.41) is 13.6. The standard InChI is InChI=1S/C18H29NO2/c1-11(19-12(2)20)13-9-14(17(3,4)5)16(21)15(10-13)18(6,7)8/h9-11,21H,1-8H3,(H,19,20)/t11-/m1/s1. The first-order valence-electron chi connectivity index (χ1n) is 7.49. The zero-order chi connectivity index (χ0) is 16.6. The summed E-state index contributed by atoms with van der Waals surface area (Å²) in [5.41, 5.74) is 2.55. The predicted octanol–water partition coefficient (Wildman–Crippen LogP) is 4.18. The maximum absolute atomic E-state index is 11.3. The van der Waals surface area contributed by atoms with E-state index in [1.54, 1.807) is 0 Å². The Hall–Kier alpha value is -1.51. The van der Waals surface area contributed by atoms with Gasteiger partial charge >= 0.3 is 0 Å². The maximum atomic E-state index is 11.3. The van der Waals surface area contributed by atoms with Crippen LogP contribution in [0.5, 0.6) is 5.75 Å². The fourth-order valence-electron chi connectivity index (χ4n) is 2.44. The Morgan fingerprint density at radius 2 is 1.43 bits per heavy atom. The molecule has 0 saturated carbocycles. The van der Waals surface area contributed by atoms with E-state index in [2.05, 4.69) is 46.9 Å². The Bertz CT molecular complexity index is 498. The van der Waals surface area contributed by atoms with Gasteiger partial charge in [0.15, 0.2) is 0 Å². The lowest BCUT2D eigenvalue weighted by atomic mass is 9.78. The van der Waals surface area contributed by atoms with Crippen LogP contribution in [0.4, 0.5) is 0 Å². The van der Waals surface area contributed by atoms with E-state index in [9.17, 15) is 9.90 Å². The number of phenolic OH excluding ortho intramolecular Hbond substituents is 1. The summed E-state index contributed by atoms with van der Waals surface area (Å²) in [6.45, 7) is 16.0. The number of nitrogens with one attached hydrogen (secondary N) is 1. The van der Waals surface area contributed by atoms with E-state index in [0.717, 1.165) is 16.7 Å². The number of amides is 1. The molecule has 0 aliphatic rings. The Balaban J connectivity index is 3.51. The van der Waals surface area contributed by atoms with Crippen molar-refractivity contribution in [2.45, 2.75) is 72.3 Å². The van der Waals surface area contributed by atoms with Crippen molar-refractivity contribution >= 4 is 5.91 Å². The summed E-state index contributed by atoms with van der Waals surface area (Å²) in [5.74, 6) is 0.318. The molecule has 0 heterocycles. The minimum atomic E-state index is -0.157. The second-order valence-electron chi connectivity index (χ2n) is 7.89. The molecule has 2 N–H and O–H groups in total. The molecule has 0 bridgehead atoms. The lowest BCUT2D eigenvalue weighted by molar-refractivity contribution is -0.119. The molecule has 0 unspecified atom stereocenters. The molecule has 0 aliphatic heterocycles. The number of phenols is 1. The van der Waals surface area contributed by atoms with Crippen LogP contribution in [0.2, 0.25) is 0 Å². The highest BCUT2D eigenvalue weighted by Gasteiger charge is 2.27. The molecule has 3 heteroatoms. The van der Waals surface area contributed by atoms with Crippen molar-refractivity contribution in [3.05, 3.63) is 28.8 Å². The second kappa shape index (κ2) is 5.70. The molecule has 1 amide bonds. The van der Waals surface area contributed by atoms with Gasteiger partial charge in [-0.1, -0.05) is 41.5 Å². The number of carbonyl (C=O) groups excluding carboxylic acids is 1. The number of aromatic hydroxyl groups is 1. The average Bonchev–Trinajstić information content (AvgIpc) is 2.24. The first-order valence-corrected chi connectivity index (χ1v) is 7.49. The second-order valence-corrected chi connectivity index (χ2v) is 7.89. The molecule has 1 aromatic carbocycles. The number of hydrogen-bond acceptors (Lipinski definition) is 2. The van der Waals surface area contributed by atoms with Crippen LogP contribution in [0.1, 0.15) is 78.1 Å². The van der Waals surface area contributed by atoms with E-state index in [4.69, 9.17) is 0 Å². The molecule has 118 valence electrons. The molecule has 21 heavy (non-hydrogen) atoms. The first-order chi connectivity index (χ1) is 9.34. The van der Waals surface area contributed by atoms with Crippen LogP contribution < -0.4 is 5.32 Å². The van der Waals surface area contributed by atoms with Crippen molar-refractivity contribution in [1.82, 2.24) is 5.32 Å². The fraction of sp³-hybridized carbons (Fsp3) is 0.611. The SMILES string of the molecule is CC(=O)N[C@H](C)c1cc(C(C)(C)C)c(O)c(C(C)(C)C)c1. The molecule has 1 rings (SSSR count). The third-order valence-electron chi connectivity index (χ3n) is 3.67.